The molecule has 9 heavy (non-hydrogen) atoms. The summed E-state index contributed by atoms with van der Waals surface area (Å²) < 4.78 is 0. The van der Waals surface area contributed by atoms with Gasteiger partial charge in [-0.3, -0.25) is 0 Å². The fourth-order valence-electron chi connectivity index (χ4n) is 0.721. The molecule has 0 heteroatoms. The van der Waals surface area contributed by atoms with Crippen molar-refractivity contribution in [2.45, 2.75) is 20.3 Å². The van der Waals surface area contributed by atoms with E-state index >= 15 is 0 Å². The van der Waals surface area contributed by atoms with Crippen LogP contribution in [0.2, 0.25) is 0 Å². The predicted molar refractivity (Wildman–Crippen MR) is 43.1 cm³/mol. The van der Waals surface area contributed by atoms with E-state index in [2.05, 4.69) is 27.0 Å². The third kappa shape index (κ3) is 3.12. The minimum Gasteiger partial charge on any atom is -0.103 e. The van der Waals surface area contributed by atoms with Crippen LogP contribution in [0, 0.1) is 11.8 Å². The monoisotopic (exact) mass is 123 g/mol. The van der Waals surface area contributed by atoms with Gasteiger partial charge in [0.25, 0.3) is 0 Å². The molecule has 1 radical (unpaired) electrons. The number of hydrogen-bond donors (Lipinski definition) is 0. The van der Waals surface area contributed by atoms with Gasteiger partial charge in [-0.15, -0.1) is 13.2 Å². The Morgan fingerprint density at radius 2 is 2.00 bits per heavy atom. The van der Waals surface area contributed by atoms with E-state index in [4.69, 9.17) is 0 Å². The molecule has 0 saturated carbocycles. The molecular formula is C9H15. The molecule has 0 aliphatic heterocycles. The maximum absolute atomic E-state index is 3.72. The number of allylic oxidation sites excluding steroid dienone is 2. The molecule has 0 aliphatic rings. The van der Waals surface area contributed by atoms with Crippen LogP contribution in [0.4, 0.5) is 0 Å². The molecule has 51 valence electrons. The summed E-state index contributed by atoms with van der Waals surface area (Å²) >= 11 is 0. The molecule has 0 aliphatic carbocycles. The second-order valence-corrected chi connectivity index (χ2v) is 2.43. The number of hydrogen-bond acceptors (Lipinski definition) is 0. The van der Waals surface area contributed by atoms with E-state index in [1.807, 2.05) is 12.2 Å². The van der Waals surface area contributed by atoms with Gasteiger partial charge in [-0.1, -0.05) is 26.0 Å². The van der Waals surface area contributed by atoms with E-state index in [1.54, 1.807) is 0 Å². The van der Waals surface area contributed by atoms with Gasteiger partial charge < -0.3 is 0 Å². The average molecular weight is 123 g/mol. The van der Waals surface area contributed by atoms with Crippen LogP contribution in [0.15, 0.2) is 25.3 Å². The van der Waals surface area contributed by atoms with E-state index in [9.17, 15) is 0 Å². The first-order chi connectivity index (χ1) is 4.22. The van der Waals surface area contributed by atoms with Crippen molar-refractivity contribution >= 4 is 0 Å². The third-order valence-electron chi connectivity index (χ3n) is 1.38. The van der Waals surface area contributed by atoms with Crippen molar-refractivity contribution in [1.82, 2.24) is 0 Å². The highest BCUT2D eigenvalue weighted by Gasteiger charge is 2.05. The highest BCUT2D eigenvalue weighted by Crippen LogP contribution is 2.18. The van der Waals surface area contributed by atoms with Gasteiger partial charge in [0.2, 0.25) is 0 Å². The van der Waals surface area contributed by atoms with Gasteiger partial charge in [0.15, 0.2) is 0 Å². The Morgan fingerprint density at radius 3 is 2.11 bits per heavy atom. The van der Waals surface area contributed by atoms with E-state index in [1.165, 1.54) is 5.92 Å². The summed E-state index contributed by atoms with van der Waals surface area (Å²) in [4.78, 5) is 0. The van der Waals surface area contributed by atoms with Crippen LogP contribution in [0.25, 0.3) is 0 Å². The SMILES string of the molecule is C=CC[C](C=C)C(C)C. The standard InChI is InChI=1S/C9H15/c1-5-7-9(6-2)8(3)4/h5-6,8H,1-2,7H2,3-4H3. The molecule has 0 saturated heterocycles. The minimum atomic E-state index is 0.612. The fraction of sp³-hybridized carbons (Fsp3) is 0.444. The molecule has 0 rings (SSSR count). The van der Waals surface area contributed by atoms with Crippen LogP contribution in [0.1, 0.15) is 20.3 Å². The largest absolute Gasteiger partial charge is 0.103 e. The normalized spacial score (nSPS) is 10.2. The van der Waals surface area contributed by atoms with E-state index in [0.717, 1.165) is 6.42 Å². The summed E-state index contributed by atoms with van der Waals surface area (Å²) in [6.07, 6.45) is 4.81. The molecule has 0 unspecified atom stereocenters. The van der Waals surface area contributed by atoms with E-state index in [-0.39, 0.29) is 0 Å². The first-order valence-electron chi connectivity index (χ1n) is 3.31. The molecule has 0 bridgehead atoms. The maximum Gasteiger partial charge on any atom is 0.00326 e. The fourth-order valence-corrected chi connectivity index (χ4v) is 0.721. The smallest absolute Gasteiger partial charge is 0.00326 e. The summed E-state index contributed by atoms with van der Waals surface area (Å²) in [5.41, 5.74) is 0. The van der Waals surface area contributed by atoms with Crippen molar-refractivity contribution in [3.8, 4) is 0 Å². The van der Waals surface area contributed by atoms with Crippen molar-refractivity contribution in [2.75, 3.05) is 0 Å². The van der Waals surface area contributed by atoms with Gasteiger partial charge in [-0.05, 0) is 12.3 Å². The van der Waals surface area contributed by atoms with Crippen LogP contribution in [-0.4, -0.2) is 0 Å². The zero-order valence-corrected chi connectivity index (χ0v) is 6.35. The van der Waals surface area contributed by atoms with E-state index < -0.39 is 0 Å². The van der Waals surface area contributed by atoms with Crippen molar-refractivity contribution < 1.29 is 0 Å². The summed E-state index contributed by atoms with van der Waals surface area (Å²) in [5, 5.41) is 0. The average Bonchev–Trinajstić information content (AvgIpc) is 1.82. The Hall–Kier alpha value is -0.520. The molecule has 0 aromatic rings. The summed E-state index contributed by atoms with van der Waals surface area (Å²) in [7, 11) is 0. The van der Waals surface area contributed by atoms with Crippen molar-refractivity contribution in [2.24, 2.45) is 5.92 Å². The lowest BCUT2D eigenvalue weighted by Gasteiger charge is -2.11. The van der Waals surface area contributed by atoms with Gasteiger partial charge in [-0.2, -0.15) is 0 Å². The highest BCUT2D eigenvalue weighted by molar-refractivity contribution is 5.11. The first kappa shape index (κ1) is 8.48. The highest BCUT2D eigenvalue weighted by atomic mass is 14.1. The molecule has 0 atom stereocenters. The van der Waals surface area contributed by atoms with Gasteiger partial charge in [0.05, 0.1) is 0 Å². The molecular weight excluding hydrogens is 108 g/mol. The molecule has 0 aromatic carbocycles. The van der Waals surface area contributed by atoms with Crippen LogP contribution in [0.5, 0.6) is 0 Å². The Morgan fingerprint density at radius 1 is 1.44 bits per heavy atom. The van der Waals surface area contributed by atoms with Gasteiger partial charge in [-0.25, -0.2) is 0 Å². The molecule has 0 spiro atoms. The molecule has 0 fully saturated rings. The first-order valence-corrected chi connectivity index (χ1v) is 3.31. The Kier molecular flexibility index (Phi) is 4.12. The Balaban J connectivity index is 3.66. The topological polar surface area (TPSA) is 0 Å². The van der Waals surface area contributed by atoms with Crippen molar-refractivity contribution in [1.29, 1.82) is 0 Å². The third-order valence-corrected chi connectivity index (χ3v) is 1.38. The lowest BCUT2D eigenvalue weighted by Crippen LogP contribution is -2.00. The predicted octanol–water partition coefficient (Wildman–Crippen LogP) is 2.98. The van der Waals surface area contributed by atoms with Gasteiger partial charge in [0, 0.05) is 5.92 Å². The summed E-state index contributed by atoms with van der Waals surface area (Å²) in [6.45, 7) is 11.7. The molecule has 0 aromatic heterocycles. The zero-order valence-electron chi connectivity index (χ0n) is 6.35. The molecule has 0 amide bonds. The minimum absolute atomic E-state index is 0.612. The van der Waals surface area contributed by atoms with Crippen LogP contribution in [0.3, 0.4) is 0 Å². The summed E-state index contributed by atoms with van der Waals surface area (Å²) in [6, 6.07) is 0. The Labute approximate surface area is 58.3 Å². The lowest BCUT2D eigenvalue weighted by atomic mass is 9.93. The van der Waals surface area contributed by atoms with Crippen LogP contribution >= 0.6 is 0 Å². The van der Waals surface area contributed by atoms with Crippen LogP contribution < -0.4 is 0 Å². The quantitative estimate of drug-likeness (QED) is 0.504. The second kappa shape index (κ2) is 4.37. The molecule has 0 heterocycles. The second-order valence-electron chi connectivity index (χ2n) is 2.43. The number of rotatable bonds is 4. The lowest BCUT2D eigenvalue weighted by molar-refractivity contribution is 0.676. The van der Waals surface area contributed by atoms with Gasteiger partial charge in [0.1, 0.15) is 0 Å². The molecule has 0 N–H and O–H groups in total. The van der Waals surface area contributed by atoms with E-state index in [0.29, 0.717) is 5.92 Å². The Bertz CT molecular complexity index is 90.2. The van der Waals surface area contributed by atoms with Crippen LogP contribution in [-0.2, 0) is 0 Å². The summed E-state index contributed by atoms with van der Waals surface area (Å²) in [5.74, 6) is 1.98. The molecule has 0 nitrogen and oxygen atoms in total. The van der Waals surface area contributed by atoms with Crippen molar-refractivity contribution in [3.63, 3.8) is 0 Å². The maximum atomic E-state index is 3.72. The van der Waals surface area contributed by atoms with Gasteiger partial charge >= 0.3 is 0 Å². The van der Waals surface area contributed by atoms with Crippen molar-refractivity contribution in [3.05, 3.63) is 31.2 Å². The zero-order chi connectivity index (χ0) is 7.28.